The summed E-state index contributed by atoms with van der Waals surface area (Å²) < 4.78 is 6.12. The molecule has 0 spiro atoms. The molecule has 6 nitrogen and oxygen atoms in total. The van der Waals surface area contributed by atoms with Crippen molar-refractivity contribution >= 4 is 45.4 Å². The van der Waals surface area contributed by atoms with E-state index >= 15 is 0 Å². The third-order valence-electron chi connectivity index (χ3n) is 3.96. The maximum atomic E-state index is 12.2. The van der Waals surface area contributed by atoms with Gasteiger partial charge in [-0.3, -0.25) is 19.3 Å². The Morgan fingerprint density at radius 1 is 1.12 bits per heavy atom. The standard InChI is InChI=1S/C19H15BrN2O4/c1-22-18(24)14-6-5-13(10-15(14)19(22)25)21-17(23)8-3-11-9-12(20)4-7-16(11)26-2/h3-10H,1-2H3,(H,21,23). The molecule has 0 unspecified atom stereocenters. The first-order chi connectivity index (χ1) is 12.4. The molecule has 132 valence electrons. The van der Waals surface area contributed by atoms with E-state index in [0.29, 0.717) is 17.0 Å². The highest BCUT2D eigenvalue weighted by molar-refractivity contribution is 9.10. The largest absolute Gasteiger partial charge is 0.496 e. The molecule has 2 aromatic carbocycles. The summed E-state index contributed by atoms with van der Waals surface area (Å²) in [5.74, 6) is -0.445. The Hall–Kier alpha value is -2.93. The fourth-order valence-corrected chi connectivity index (χ4v) is 3.00. The van der Waals surface area contributed by atoms with Gasteiger partial charge in [-0.1, -0.05) is 15.9 Å². The van der Waals surface area contributed by atoms with Crippen LogP contribution < -0.4 is 10.1 Å². The lowest BCUT2D eigenvalue weighted by molar-refractivity contribution is -0.111. The Morgan fingerprint density at radius 3 is 2.58 bits per heavy atom. The number of halogens is 1. The van der Waals surface area contributed by atoms with E-state index in [1.165, 1.54) is 25.3 Å². The van der Waals surface area contributed by atoms with Crippen LogP contribution in [0.5, 0.6) is 5.75 Å². The predicted molar refractivity (Wildman–Crippen MR) is 101 cm³/mol. The molecule has 2 aromatic rings. The van der Waals surface area contributed by atoms with E-state index in [1.54, 1.807) is 25.3 Å². The minimum atomic E-state index is -0.379. The van der Waals surface area contributed by atoms with Crippen molar-refractivity contribution < 1.29 is 19.1 Å². The number of fused-ring (bicyclic) bond motifs is 1. The highest BCUT2D eigenvalue weighted by Crippen LogP contribution is 2.26. The number of methoxy groups -OCH3 is 1. The van der Waals surface area contributed by atoms with Gasteiger partial charge in [0.05, 0.1) is 18.2 Å². The van der Waals surface area contributed by atoms with E-state index in [0.717, 1.165) is 14.9 Å². The third kappa shape index (κ3) is 3.39. The molecular formula is C19H15BrN2O4. The van der Waals surface area contributed by atoms with Crippen LogP contribution in [0.1, 0.15) is 26.3 Å². The molecule has 0 saturated heterocycles. The summed E-state index contributed by atoms with van der Waals surface area (Å²) in [5.41, 5.74) is 1.81. The summed E-state index contributed by atoms with van der Waals surface area (Å²) in [6.07, 6.45) is 3.01. The summed E-state index contributed by atoms with van der Waals surface area (Å²) in [4.78, 5) is 37.1. The SMILES string of the molecule is COc1ccc(Br)cc1C=CC(=O)Nc1ccc2c(c1)C(=O)N(C)C2=O. The van der Waals surface area contributed by atoms with E-state index in [4.69, 9.17) is 4.74 Å². The zero-order valence-corrected chi connectivity index (χ0v) is 15.7. The van der Waals surface area contributed by atoms with Gasteiger partial charge < -0.3 is 10.1 Å². The van der Waals surface area contributed by atoms with E-state index < -0.39 is 0 Å². The monoisotopic (exact) mass is 414 g/mol. The Bertz CT molecular complexity index is 953. The fraction of sp³-hybridized carbons (Fsp3) is 0.105. The molecule has 26 heavy (non-hydrogen) atoms. The van der Waals surface area contributed by atoms with Crippen molar-refractivity contribution in [2.75, 3.05) is 19.5 Å². The summed E-state index contributed by atoms with van der Waals surface area (Å²) in [6.45, 7) is 0. The summed E-state index contributed by atoms with van der Waals surface area (Å²) in [7, 11) is 2.98. The van der Waals surface area contributed by atoms with Crippen molar-refractivity contribution in [2.24, 2.45) is 0 Å². The lowest BCUT2D eigenvalue weighted by Crippen LogP contribution is -2.24. The third-order valence-corrected chi connectivity index (χ3v) is 4.46. The minimum Gasteiger partial charge on any atom is -0.496 e. The smallest absolute Gasteiger partial charge is 0.261 e. The van der Waals surface area contributed by atoms with Crippen LogP contribution in [-0.2, 0) is 4.79 Å². The second kappa shape index (κ2) is 7.13. The normalized spacial score (nSPS) is 13.3. The number of nitrogens with zero attached hydrogens (tertiary/aromatic N) is 1. The predicted octanol–water partition coefficient (Wildman–Crippen LogP) is 3.34. The summed E-state index contributed by atoms with van der Waals surface area (Å²) in [5, 5.41) is 2.68. The lowest BCUT2D eigenvalue weighted by atomic mass is 10.1. The second-order valence-corrected chi connectivity index (χ2v) is 6.55. The van der Waals surface area contributed by atoms with Gasteiger partial charge >= 0.3 is 0 Å². The molecule has 0 bridgehead atoms. The number of rotatable bonds is 4. The van der Waals surface area contributed by atoms with Crippen molar-refractivity contribution in [3.8, 4) is 5.75 Å². The first-order valence-electron chi connectivity index (χ1n) is 7.69. The topological polar surface area (TPSA) is 75.7 Å². The molecule has 3 rings (SSSR count). The number of hydrogen-bond donors (Lipinski definition) is 1. The number of hydrogen-bond acceptors (Lipinski definition) is 4. The van der Waals surface area contributed by atoms with Crippen LogP contribution in [0.25, 0.3) is 6.08 Å². The first-order valence-corrected chi connectivity index (χ1v) is 8.49. The van der Waals surface area contributed by atoms with Gasteiger partial charge in [-0.05, 0) is 42.5 Å². The van der Waals surface area contributed by atoms with Crippen LogP contribution in [0, 0.1) is 0 Å². The van der Waals surface area contributed by atoms with Crippen LogP contribution in [0.15, 0.2) is 46.9 Å². The van der Waals surface area contributed by atoms with Gasteiger partial charge in [-0.2, -0.15) is 0 Å². The van der Waals surface area contributed by atoms with Gasteiger partial charge in [-0.15, -0.1) is 0 Å². The molecule has 0 aromatic heterocycles. The molecule has 3 amide bonds. The number of amides is 3. The molecule has 1 N–H and O–H groups in total. The molecule has 1 aliphatic rings. The van der Waals surface area contributed by atoms with Crippen molar-refractivity contribution in [3.05, 3.63) is 63.6 Å². The van der Waals surface area contributed by atoms with Gasteiger partial charge in [0.25, 0.3) is 11.8 Å². The molecule has 0 radical (unpaired) electrons. The van der Waals surface area contributed by atoms with Gasteiger partial charge in [0.2, 0.25) is 5.91 Å². The molecule has 1 aliphatic heterocycles. The maximum absolute atomic E-state index is 12.2. The number of nitrogens with one attached hydrogen (secondary N) is 1. The van der Waals surface area contributed by atoms with Gasteiger partial charge in [0, 0.05) is 28.8 Å². The summed E-state index contributed by atoms with van der Waals surface area (Å²) in [6, 6.07) is 10.1. The van der Waals surface area contributed by atoms with E-state index in [-0.39, 0.29) is 23.3 Å². The molecule has 0 atom stereocenters. The number of imide groups is 1. The number of ether oxygens (including phenoxy) is 1. The van der Waals surface area contributed by atoms with Crippen molar-refractivity contribution in [1.29, 1.82) is 0 Å². The Kier molecular flexibility index (Phi) is 4.90. The quantitative estimate of drug-likeness (QED) is 0.614. The minimum absolute atomic E-state index is 0.285. The highest BCUT2D eigenvalue weighted by atomic mass is 79.9. The van der Waals surface area contributed by atoms with Crippen LogP contribution in [0.2, 0.25) is 0 Å². The van der Waals surface area contributed by atoms with Crippen LogP contribution in [-0.4, -0.2) is 36.8 Å². The van der Waals surface area contributed by atoms with Crippen LogP contribution in [0.3, 0.4) is 0 Å². The Balaban J connectivity index is 1.77. The van der Waals surface area contributed by atoms with Crippen molar-refractivity contribution in [2.45, 2.75) is 0 Å². The Morgan fingerprint density at radius 2 is 1.85 bits per heavy atom. The van der Waals surface area contributed by atoms with Gasteiger partial charge in [-0.25, -0.2) is 0 Å². The number of carbonyl (C=O) groups is 3. The number of anilines is 1. The van der Waals surface area contributed by atoms with Gasteiger partial charge in [0.15, 0.2) is 0 Å². The average molecular weight is 415 g/mol. The average Bonchev–Trinajstić information content (AvgIpc) is 2.84. The van der Waals surface area contributed by atoms with E-state index in [1.807, 2.05) is 12.1 Å². The van der Waals surface area contributed by atoms with Crippen LogP contribution in [0.4, 0.5) is 5.69 Å². The maximum Gasteiger partial charge on any atom is 0.261 e. The van der Waals surface area contributed by atoms with Gasteiger partial charge in [0.1, 0.15) is 5.75 Å². The van der Waals surface area contributed by atoms with E-state index in [2.05, 4.69) is 21.2 Å². The number of carbonyl (C=O) groups excluding carboxylic acids is 3. The number of benzene rings is 2. The zero-order chi connectivity index (χ0) is 18.8. The highest BCUT2D eigenvalue weighted by Gasteiger charge is 2.32. The fourth-order valence-electron chi connectivity index (χ4n) is 2.62. The molecule has 0 aliphatic carbocycles. The first kappa shape index (κ1) is 17.9. The molecule has 0 fully saturated rings. The Labute approximate surface area is 158 Å². The zero-order valence-electron chi connectivity index (χ0n) is 14.1. The second-order valence-electron chi connectivity index (χ2n) is 5.64. The lowest BCUT2D eigenvalue weighted by Gasteiger charge is -2.06. The van der Waals surface area contributed by atoms with E-state index in [9.17, 15) is 14.4 Å². The molecule has 7 heteroatoms. The molecule has 1 heterocycles. The van der Waals surface area contributed by atoms with Crippen LogP contribution >= 0.6 is 15.9 Å². The van der Waals surface area contributed by atoms with Crippen molar-refractivity contribution in [1.82, 2.24) is 4.90 Å². The summed E-state index contributed by atoms with van der Waals surface area (Å²) >= 11 is 3.38. The van der Waals surface area contributed by atoms with Crippen molar-refractivity contribution in [3.63, 3.8) is 0 Å². The molecule has 0 saturated carbocycles. The molecular weight excluding hydrogens is 400 g/mol.